The molecule has 3 heteroatoms. The highest BCUT2D eigenvalue weighted by atomic mass is 16.3. The van der Waals surface area contributed by atoms with Gasteiger partial charge in [0.1, 0.15) is 6.23 Å². The topological polar surface area (TPSA) is 49.5 Å². The highest BCUT2D eigenvalue weighted by Crippen LogP contribution is 2.11. The molecule has 1 rings (SSSR count). The van der Waals surface area contributed by atoms with Gasteiger partial charge in [-0.1, -0.05) is 0 Å². The maximum atomic E-state index is 9.40. The third-order valence-corrected chi connectivity index (χ3v) is 1.66. The molecule has 1 aliphatic rings. The van der Waals surface area contributed by atoms with Crippen molar-refractivity contribution in [1.82, 2.24) is 4.90 Å². The number of hydrogen-bond acceptors (Lipinski definition) is 3. The van der Waals surface area contributed by atoms with Crippen molar-refractivity contribution in [3.05, 3.63) is 24.0 Å². The Labute approximate surface area is 66.8 Å². The number of aliphatic hydroxyl groups is 1. The van der Waals surface area contributed by atoms with E-state index < -0.39 is 6.23 Å². The molecule has 3 N–H and O–H groups in total. The summed E-state index contributed by atoms with van der Waals surface area (Å²) in [4.78, 5) is 1.80. The quantitative estimate of drug-likeness (QED) is 0.574. The van der Waals surface area contributed by atoms with Crippen molar-refractivity contribution in [1.29, 1.82) is 0 Å². The van der Waals surface area contributed by atoms with E-state index >= 15 is 0 Å². The monoisotopic (exact) mass is 154 g/mol. The lowest BCUT2D eigenvalue weighted by Gasteiger charge is -2.30. The number of nitrogens with two attached hydrogens (primary N) is 1. The third-order valence-electron chi connectivity index (χ3n) is 1.66. The van der Waals surface area contributed by atoms with Crippen molar-refractivity contribution in [3.63, 3.8) is 0 Å². The molecule has 0 aromatic heterocycles. The first-order chi connectivity index (χ1) is 5.11. The lowest BCUT2D eigenvalue weighted by atomic mass is 10.2. The van der Waals surface area contributed by atoms with E-state index in [4.69, 9.17) is 5.73 Å². The first-order valence-corrected chi connectivity index (χ1v) is 3.72. The molecule has 0 spiro atoms. The predicted octanol–water partition coefficient (Wildman–Crippen LogP) is 0.385. The Morgan fingerprint density at radius 2 is 2.27 bits per heavy atom. The van der Waals surface area contributed by atoms with Crippen molar-refractivity contribution < 1.29 is 5.11 Å². The Balaban J connectivity index is 2.73. The summed E-state index contributed by atoms with van der Waals surface area (Å²) in [6, 6.07) is 0.272. The fraction of sp³-hybridized carbons (Fsp3) is 0.500. The minimum atomic E-state index is -0.526. The van der Waals surface area contributed by atoms with Crippen molar-refractivity contribution >= 4 is 0 Å². The van der Waals surface area contributed by atoms with Gasteiger partial charge in [0.2, 0.25) is 0 Å². The van der Waals surface area contributed by atoms with Gasteiger partial charge >= 0.3 is 0 Å². The van der Waals surface area contributed by atoms with Crippen LogP contribution in [-0.4, -0.2) is 22.3 Å². The molecule has 11 heavy (non-hydrogen) atoms. The number of nitrogens with zero attached hydrogens (tertiary/aromatic N) is 1. The Hall–Kier alpha value is -0.960. The molecule has 0 amide bonds. The molecular formula is C8H14N2O. The van der Waals surface area contributed by atoms with Gasteiger partial charge in [0, 0.05) is 17.9 Å². The van der Waals surface area contributed by atoms with Crippen LogP contribution in [0.4, 0.5) is 0 Å². The molecule has 1 unspecified atom stereocenters. The van der Waals surface area contributed by atoms with E-state index in [1.54, 1.807) is 23.3 Å². The lowest BCUT2D eigenvalue weighted by Crippen LogP contribution is -2.37. The van der Waals surface area contributed by atoms with Crippen LogP contribution in [-0.2, 0) is 0 Å². The summed E-state index contributed by atoms with van der Waals surface area (Å²) in [5, 5.41) is 9.40. The van der Waals surface area contributed by atoms with Gasteiger partial charge in [0.25, 0.3) is 0 Å². The third kappa shape index (κ3) is 1.74. The SMILES string of the molecule is CC(C)N1C=C(N)C=CC1O. The Morgan fingerprint density at radius 1 is 1.64 bits per heavy atom. The fourth-order valence-corrected chi connectivity index (χ4v) is 1.04. The Kier molecular flexibility index (Phi) is 2.19. The van der Waals surface area contributed by atoms with Gasteiger partial charge < -0.3 is 15.7 Å². The summed E-state index contributed by atoms with van der Waals surface area (Å²) >= 11 is 0. The van der Waals surface area contributed by atoms with Crippen LogP contribution in [0, 0.1) is 0 Å². The second-order valence-corrected chi connectivity index (χ2v) is 2.94. The van der Waals surface area contributed by atoms with E-state index in [1.807, 2.05) is 13.8 Å². The van der Waals surface area contributed by atoms with Gasteiger partial charge in [-0.15, -0.1) is 0 Å². The number of hydrogen-bond donors (Lipinski definition) is 2. The van der Waals surface area contributed by atoms with Crippen LogP contribution in [0.25, 0.3) is 0 Å². The molecular weight excluding hydrogens is 140 g/mol. The summed E-state index contributed by atoms with van der Waals surface area (Å²) in [6.07, 6.45) is 4.62. The van der Waals surface area contributed by atoms with Gasteiger partial charge in [0.15, 0.2) is 0 Å². The van der Waals surface area contributed by atoms with Gasteiger partial charge in [-0.3, -0.25) is 0 Å². The van der Waals surface area contributed by atoms with Crippen LogP contribution in [0.3, 0.4) is 0 Å². The maximum absolute atomic E-state index is 9.40. The summed E-state index contributed by atoms with van der Waals surface area (Å²) in [7, 11) is 0. The molecule has 1 aliphatic heterocycles. The second-order valence-electron chi connectivity index (χ2n) is 2.94. The van der Waals surface area contributed by atoms with Gasteiger partial charge in [-0.2, -0.15) is 0 Å². The van der Waals surface area contributed by atoms with Crippen LogP contribution in [0.15, 0.2) is 24.0 Å². The first-order valence-electron chi connectivity index (χ1n) is 3.72. The second kappa shape index (κ2) is 2.96. The molecule has 1 atom stereocenters. The molecule has 0 fully saturated rings. The van der Waals surface area contributed by atoms with Crippen LogP contribution in [0.5, 0.6) is 0 Å². The van der Waals surface area contributed by atoms with E-state index in [1.165, 1.54) is 0 Å². The standard InChI is InChI=1S/C8H14N2O/c1-6(2)10-5-7(9)3-4-8(10)11/h3-6,8,11H,9H2,1-2H3. The van der Waals surface area contributed by atoms with Crippen LogP contribution < -0.4 is 5.73 Å². The summed E-state index contributed by atoms with van der Waals surface area (Å²) < 4.78 is 0. The smallest absolute Gasteiger partial charge is 0.146 e. The molecule has 0 bridgehead atoms. The molecule has 0 aliphatic carbocycles. The minimum absolute atomic E-state index is 0.272. The largest absolute Gasteiger partial charge is 0.398 e. The van der Waals surface area contributed by atoms with Gasteiger partial charge in [-0.25, -0.2) is 0 Å². The molecule has 0 aromatic carbocycles. The van der Waals surface area contributed by atoms with Crippen molar-refractivity contribution in [3.8, 4) is 0 Å². The molecule has 0 aromatic rings. The van der Waals surface area contributed by atoms with E-state index in [0.29, 0.717) is 5.70 Å². The maximum Gasteiger partial charge on any atom is 0.146 e. The van der Waals surface area contributed by atoms with Gasteiger partial charge in [0.05, 0.1) is 0 Å². The highest BCUT2D eigenvalue weighted by molar-refractivity contribution is 5.20. The average molecular weight is 154 g/mol. The molecule has 0 saturated heterocycles. The lowest BCUT2D eigenvalue weighted by molar-refractivity contribution is 0.0557. The number of aliphatic hydroxyl groups excluding tert-OH is 1. The fourth-order valence-electron chi connectivity index (χ4n) is 1.04. The molecule has 0 saturated carbocycles. The van der Waals surface area contributed by atoms with E-state index in [-0.39, 0.29) is 6.04 Å². The number of allylic oxidation sites excluding steroid dienone is 1. The van der Waals surface area contributed by atoms with Crippen LogP contribution in [0.2, 0.25) is 0 Å². The molecule has 0 radical (unpaired) electrons. The first kappa shape index (κ1) is 8.14. The Bertz CT molecular complexity index is 196. The molecule has 62 valence electrons. The van der Waals surface area contributed by atoms with Crippen LogP contribution >= 0.6 is 0 Å². The highest BCUT2D eigenvalue weighted by Gasteiger charge is 2.15. The summed E-state index contributed by atoms with van der Waals surface area (Å²) in [5.74, 6) is 0. The van der Waals surface area contributed by atoms with E-state index in [9.17, 15) is 5.11 Å². The van der Waals surface area contributed by atoms with Crippen molar-refractivity contribution in [2.75, 3.05) is 0 Å². The average Bonchev–Trinajstić information content (AvgIpc) is 1.94. The zero-order valence-electron chi connectivity index (χ0n) is 6.86. The number of rotatable bonds is 1. The predicted molar refractivity (Wildman–Crippen MR) is 44.4 cm³/mol. The van der Waals surface area contributed by atoms with E-state index in [0.717, 1.165) is 0 Å². The molecule has 3 nitrogen and oxygen atoms in total. The normalized spacial score (nSPS) is 24.2. The van der Waals surface area contributed by atoms with Crippen LogP contribution in [0.1, 0.15) is 13.8 Å². The van der Waals surface area contributed by atoms with Crippen molar-refractivity contribution in [2.45, 2.75) is 26.1 Å². The summed E-state index contributed by atoms with van der Waals surface area (Å²) in [5.41, 5.74) is 6.23. The summed E-state index contributed by atoms with van der Waals surface area (Å²) in [6.45, 7) is 4.01. The van der Waals surface area contributed by atoms with Gasteiger partial charge in [-0.05, 0) is 26.0 Å². The zero-order chi connectivity index (χ0) is 8.43. The Morgan fingerprint density at radius 3 is 2.73 bits per heavy atom. The van der Waals surface area contributed by atoms with Crippen molar-refractivity contribution in [2.24, 2.45) is 5.73 Å². The van der Waals surface area contributed by atoms with E-state index in [2.05, 4.69) is 0 Å². The zero-order valence-corrected chi connectivity index (χ0v) is 6.86. The minimum Gasteiger partial charge on any atom is -0.398 e. The molecule has 1 heterocycles.